The molecule has 1 fully saturated rings. The predicted octanol–water partition coefficient (Wildman–Crippen LogP) is 4.99. The minimum Gasteiger partial charge on any atom is -0.325 e. The number of carbonyl (C=O) groups is 3. The second-order valence-electron chi connectivity index (χ2n) is 9.35. The van der Waals surface area contributed by atoms with E-state index in [1.165, 1.54) is 5.56 Å². The molecule has 1 spiro atoms. The standard InChI is InChI=1S/C28H24N4O3S/c1-17-8-13-22-23(15-17)36-25(30-22)19-9-11-20(12-10-19)29-24(33)16-32-26(34)28(31-27(32)35)14-4-6-18-5-2-3-7-21(18)28/h2-3,5,7-13,15H,4,6,14,16H2,1H3,(H,29,33)(H,31,35)/t28-/m0/s1. The van der Waals surface area contributed by atoms with Gasteiger partial charge in [0.1, 0.15) is 17.1 Å². The monoisotopic (exact) mass is 496 g/mol. The van der Waals surface area contributed by atoms with Crippen molar-refractivity contribution in [3.63, 3.8) is 0 Å². The highest BCUT2D eigenvalue weighted by atomic mass is 32.1. The molecule has 7 nitrogen and oxygen atoms in total. The Bertz CT molecular complexity index is 1530. The third-order valence-electron chi connectivity index (χ3n) is 6.91. The molecule has 6 rings (SSSR count). The minimum atomic E-state index is -1.08. The minimum absolute atomic E-state index is 0.340. The average Bonchev–Trinajstić information content (AvgIpc) is 3.39. The molecule has 0 bridgehead atoms. The number of imide groups is 1. The number of hydrogen-bond donors (Lipinski definition) is 2. The number of carbonyl (C=O) groups excluding carboxylic acids is 3. The first-order valence-corrected chi connectivity index (χ1v) is 12.7. The van der Waals surface area contributed by atoms with Crippen LogP contribution >= 0.6 is 11.3 Å². The van der Waals surface area contributed by atoms with E-state index in [-0.39, 0.29) is 12.5 Å². The van der Waals surface area contributed by atoms with Crippen molar-refractivity contribution in [1.82, 2.24) is 15.2 Å². The van der Waals surface area contributed by atoms with Crippen LogP contribution in [0.2, 0.25) is 0 Å². The van der Waals surface area contributed by atoms with E-state index in [4.69, 9.17) is 4.98 Å². The Morgan fingerprint density at radius 1 is 1.11 bits per heavy atom. The third kappa shape index (κ3) is 3.74. The van der Waals surface area contributed by atoms with Crippen molar-refractivity contribution in [2.45, 2.75) is 31.7 Å². The van der Waals surface area contributed by atoms with Gasteiger partial charge in [0.05, 0.1) is 10.2 Å². The summed E-state index contributed by atoms with van der Waals surface area (Å²) in [6.07, 6.45) is 2.19. The Kier molecular flexibility index (Phi) is 5.34. The SMILES string of the molecule is Cc1ccc2nc(-c3ccc(NC(=O)CN4C(=O)N[C@]5(CCCc6ccccc65)C4=O)cc3)sc2c1. The maximum atomic E-state index is 13.4. The highest BCUT2D eigenvalue weighted by Crippen LogP contribution is 2.40. The van der Waals surface area contributed by atoms with Gasteiger partial charge in [-0.25, -0.2) is 9.78 Å². The quantitative estimate of drug-likeness (QED) is 0.389. The number of amides is 4. The van der Waals surface area contributed by atoms with Gasteiger partial charge in [-0.1, -0.05) is 30.3 Å². The van der Waals surface area contributed by atoms with Crippen molar-refractivity contribution < 1.29 is 14.4 Å². The highest BCUT2D eigenvalue weighted by Gasteiger charge is 2.54. The van der Waals surface area contributed by atoms with Crippen molar-refractivity contribution in [3.8, 4) is 10.6 Å². The third-order valence-corrected chi connectivity index (χ3v) is 7.98. The van der Waals surface area contributed by atoms with Crippen LogP contribution in [0.15, 0.2) is 66.7 Å². The number of benzene rings is 3. The lowest BCUT2D eigenvalue weighted by molar-refractivity contribution is -0.134. The molecule has 1 aromatic heterocycles. The Morgan fingerprint density at radius 2 is 1.92 bits per heavy atom. The number of hydrogen-bond acceptors (Lipinski definition) is 5. The second-order valence-corrected chi connectivity index (χ2v) is 10.4. The fourth-order valence-corrected chi connectivity index (χ4v) is 6.22. The highest BCUT2D eigenvalue weighted by molar-refractivity contribution is 7.21. The zero-order chi connectivity index (χ0) is 24.9. The van der Waals surface area contributed by atoms with E-state index in [0.29, 0.717) is 12.1 Å². The van der Waals surface area contributed by atoms with Crippen LogP contribution in [0, 0.1) is 6.92 Å². The predicted molar refractivity (Wildman–Crippen MR) is 140 cm³/mol. The number of nitrogens with zero attached hydrogens (tertiary/aromatic N) is 2. The van der Waals surface area contributed by atoms with Crippen molar-refractivity contribution in [3.05, 3.63) is 83.4 Å². The van der Waals surface area contributed by atoms with Gasteiger partial charge >= 0.3 is 6.03 Å². The molecule has 4 amide bonds. The molecule has 1 aliphatic heterocycles. The number of aryl methyl sites for hydroxylation is 2. The number of nitrogens with one attached hydrogen (secondary N) is 2. The molecule has 36 heavy (non-hydrogen) atoms. The molecular weight excluding hydrogens is 472 g/mol. The molecule has 0 saturated carbocycles. The molecule has 2 aliphatic rings. The largest absolute Gasteiger partial charge is 0.325 e. The topological polar surface area (TPSA) is 91.4 Å². The van der Waals surface area contributed by atoms with E-state index in [2.05, 4.69) is 23.6 Å². The van der Waals surface area contributed by atoms with Gasteiger partial charge in [-0.15, -0.1) is 11.3 Å². The Labute approximate surface area is 212 Å². The molecule has 180 valence electrons. The van der Waals surface area contributed by atoms with E-state index >= 15 is 0 Å². The van der Waals surface area contributed by atoms with E-state index in [1.807, 2.05) is 48.5 Å². The van der Waals surface area contributed by atoms with Crippen LogP contribution < -0.4 is 10.6 Å². The van der Waals surface area contributed by atoms with Crippen molar-refractivity contribution in [1.29, 1.82) is 0 Å². The molecule has 1 aliphatic carbocycles. The lowest BCUT2D eigenvalue weighted by Gasteiger charge is -2.33. The van der Waals surface area contributed by atoms with Gasteiger partial charge in [0.15, 0.2) is 0 Å². The molecule has 4 aromatic rings. The van der Waals surface area contributed by atoms with Crippen molar-refractivity contribution in [2.24, 2.45) is 0 Å². The van der Waals surface area contributed by atoms with E-state index in [9.17, 15) is 14.4 Å². The molecule has 1 atom stereocenters. The molecule has 0 unspecified atom stereocenters. The van der Waals surface area contributed by atoms with E-state index in [0.717, 1.165) is 49.7 Å². The van der Waals surface area contributed by atoms with Gasteiger partial charge in [0.25, 0.3) is 5.91 Å². The summed E-state index contributed by atoms with van der Waals surface area (Å²) in [6.45, 7) is 1.72. The van der Waals surface area contributed by atoms with Crippen LogP contribution in [-0.2, 0) is 21.5 Å². The summed E-state index contributed by atoms with van der Waals surface area (Å²) < 4.78 is 1.13. The fraction of sp³-hybridized carbons (Fsp3) is 0.214. The van der Waals surface area contributed by atoms with Crippen molar-refractivity contribution in [2.75, 3.05) is 11.9 Å². The Hall–Kier alpha value is -4.04. The molecule has 2 N–H and O–H groups in total. The summed E-state index contributed by atoms with van der Waals surface area (Å²) >= 11 is 1.62. The molecule has 0 radical (unpaired) electrons. The van der Waals surface area contributed by atoms with E-state index in [1.54, 1.807) is 23.5 Å². The average molecular weight is 497 g/mol. The fourth-order valence-electron chi connectivity index (χ4n) is 5.15. The summed E-state index contributed by atoms with van der Waals surface area (Å²) in [7, 11) is 0. The van der Waals surface area contributed by atoms with Gasteiger partial charge in [-0.2, -0.15) is 0 Å². The number of aromatic nitrogens is 1. The normalized spacial score (nSPS) is 19.0. The zero-order valence-corrected chi connectivity index (χ0v) is 20.5. The van der Waals surface area contributed by atoms with Crippen LogP contribution in [-0.4, -0.2) is 34.3 Å². The summed E-state index contributed by atoms with van der Waals surface area (Å²) in [4.78, 5) is 44.7. The molecular formula is C28H24N4O3S. The van der Waals surface area contributed by atoms with Crippen LogP contribution in [0.4, 0.5) is 10.5 Å². The molecule has 3 aromatic carbocycles. The van der Waals surface area contributed by atoms with Crippen LogP contribution in [0.25, 0.3) is 20.8 Å². The van der Waals surface area contributed by atoms with Gasteiger partial charge in [0.2, 0.25) is 5.91 Å². The first-order chi connectivity index (χ1) is 17.4. The lowest BCUT2D eigenvalue weighted by atomic mass is 9.76. The lowest BCUT2D eigenvalue weighted by Crippen LogP contribution is -2.47. The van der Waals surface area contributed by atoms with Gasteiger partial charge in [-0.05, 0) is 79.3 Å². The summed E-state index contributed by atoms with van der Waals surface area (Å²) in [5.41, 5.74) is 4.52. The Balaban J connectivity index is 1.15. The number of urea groups is 1. The van der Waals surface area contributed by atoms with Crippen LogP contribution in [0.1, 0.15) is 29.5 Å². The van der Waals surface area contributed by atoms with Crippen LogP contribution in [0.5, 0.6) is 0 Å². The first kappa shape index (κ1) is 22.4. The first-order valence-electron chi connectivity index (χ1n) is 11.9. The van der Waals surface area contributed by atoms with E-state index < -0.39 is 17.5 Å². The summed E-state index contributed by atoms with van der Waals surface area (Å²) in [5, 5.41) is 6.60. The number of fused-ring (bicyclic) bond motifs is 3. The maximum Gasteiger partial charge on any atom is 0.325 e. The maximum absolute atomic E-state index is 13.4. The number of thiazole rings is 1. The molecule has 2 heterocycles. The van der Waals surface area contributed by atoms with Gasteiger partial charge in [-0.3, -0.25) is 14.5 Å². The number of anilines is 1. The summed E-state index contributed by atoms with van der Waals surface area (Å²) in [6, 6.07) is 20.8. The Morgan fingerprint density at radius 3 is 2.75 bits per heavy atom. The number of rotatable bonds is 4. The second kappa shape index (κ2) is 8.57. The molecule has 1 saturated heterocycles. The smallest absolute Gasteiger partial charge is 0.325 e. The zero-order valence-electron chi connectivity index (χ0n) is 19.7. The van der Waals surface area contributed by atoms with Gasteiger partial charge in [0, 0.05) is 11.3 Å². The summed E-state index contributed by atoms with van der Waals surface area (Å²) in [5.74, 6) is -0.793. The van der Waals surface area contributed by atoms with Gasteiger partial charge < -0.3 is 10.6 Å². The van der Waals surface area contributed by atoms with Crippen molar-refractivity contribution >= 4 is 45.1 Å². The van der Waals surface area contributed by atoms with Crippen LogP contribution in [0.3, 0.4) is 0 Å². The molecule has 8 heteroatoms.